The number of nitrogens with zero attached hydrogens (tertiary/aromatic N) is 2. The molecule has 3 rings (SSSR count). The van der Waals surface area contributed by atoms with Gasteiger partial charge >= 0.3 is 6.18 Å². The molecule has 1 aromatic heterocycles. The van der Waals surface area contributed by atoms with Crippen LogP contribution >= 0.6 is 0 Å². The summed E-state index contributed by atoms with van der Waals surface area (Å²) in [6.45, 7) is 1.46. The van der Waals surface area contributed by atoms with Gasteiger partial charge in [0.15, 0.2) is 0 Å². The van der Waals surface area contributed by atoms with Crippen LogP contribution in [0.1, 0.15) is 11.1 Å². The lowest BCUT2D eigenvalue weighted by Crippen LogP contribution is -2.29. The summed E-state index contributed by atoms with van der Waals surface area (Å²) in [7, 11) is 0. The monoisotopic (exact) mass is 363 g/mol. The van der Waals surface area contributed by atoms with E-state index in [4.69, 9.17) is 0 Å². The third-order valence-corrected chi connectivity index (χ3v) is 4.01. The van der Waals surface area contributed by atoms with Gasteiger partial charge in [-0.3, -0.25) is 14.7 Å². The fourth-order valence-electron chi connectivity index (χ4n) is 2.90. The van der Waals surface area contributed by atoms with Crippen molar-refractivity contribution >= 4 is 22.7 Å². The maximum absolute atomic E-state index is 13.3. The van der Waals surface area contributed by atoms with Gasteiger partial charge in [0.05, 0.1) is 21.7 Å². The third kappa shape index (κ3) is 2.77. The highest BCUT2D eigenvalue weighted by Gasteiger charge is 2.34. The Balaban J connectivity index is 2.40. The number of nitro groups is 1. The average molecular weight is 363 g/mol. The van der Waals surface area contributed by atoms with Gasteiger partial charge in [-0.1, -0.05) is 18.2 Å². The van der Waals surface area contributed by atoms with E-state index < -0.39 is 22.8 Å². The zero-order valence-corrected chi connectivity index (χ0v) is 13.2. The second-order valence-corrected chi connectivity index (χ2v) is 5.63. The molecule has 0 saturated carbocycles. The van der Waals surface area contributed by atoms with Crippen LogP contribution in [0.15, 0.2) is 42.5 Å². The largest absolute Gasteiger partial charge is 0.529 e. The first-order valence-corrected chi connectivity index (χ1v) is 7.29. The summed E-state index contributed by atoms with van der Waals surface area (Å²) in [5, 5.41) is 22.9. The lowest BCUT2D eigenvalue weighted by atomic mass is 10.0. The smallest absolute Gasteiger partial charge is 0.417 e. The lowest BCUT2D eigenvalue weighted by molar-refractivity contribution is -0.385. The second-order valence-electron chi connectivity index (χ2n) is 5.63. The normalized spacial score (nSPS) is 11.7. The topological polar surface area (TPSA) is 88.2 Å². The Morgan fingerprint density at radius 2 is 1.81 bits per heavy atom. The van der Waals surface area contributed by atoms with Gasteiger partial charge in [0.2, 0.25) is 0 Å². The quantitative estimate of drug-likeness (QED) is 0.513. The number of hydrogen-bond donors (Lipinski definition) is 0. The van der Waals surface area contributed by atoms with E-state index in [0.29, 0.717) is 4.57 Å². The van der Waals surface area contributed by atoms with Gasteiger partial charge in [-0.15, -0.1) is 0 Å². The Morgan fingerprint density at radius 1 is 1.15 bits per heavy atom. The highest BCUT2D eigenvalue weighted by molar-refractivity contribution is 5.97. The molecular formula is C17H10F3N2O4-. The van der Waals surface area contributed by atoms with Gasteiger partial charge in [0.1, 0.15) is 6.09 Å². The van der Waals surface area contributed by atoms with Crippen molar-refractivity contribution in [1.29, 1.82) is 0 Å². The minimum atomic E-state index is -4.70. The molecule has 0 radical (unpaired) electrons. The van der Waals surface area contributed by atoms with Crippen LogP contribution in [0.25, 0.3) is 22.2 Å². The fourth-order valence-corrected chi connectivity index (χ4v) is 2.90. The van der Waals surface area contributed by atoms with E-state index >= 15 is 0 Å². The predicted octanol–water partition coefficient (Wildman–Crippen LogP) is 3.74. The summed E-state index contributed by atoms with van der Waals surface area (Å²) in [4.78, 5) is 22.0. The number of aromatic nitrogens is 1. The van der Waals surface area contributed by atoms with Crippen molar-refractivity contribution in [3.05, 3.63) is 63.7 Å². The molecule has 6 nitrogen and oxygen atoms in total. The van der Waals surface area contributed by atoms with Gasteiger partial charge < -0.3 is 9.90 Å². The fraction of sp³-hybridized carbons (Fsp3) is 0.118. The van der Waals surface area contributed by atoms with Crippen LogP contribution < -0.4 is 5.11 Å². The summed E-state index contributed by atoms with van der Waals surface area (Å²) in [5.41, 5.74) is -1.85. The van der Waals surface area contributed by atoms with Crippen LogP contribution in [-0.4, -0.2) is 15.6 Å². The van der Waals surface area contributed by atoms with E-state index in [1.807, 2.05) is 0 Å². The Morgan fingerprint density at radius 3 is 2.38 bits per heavy atom. The maximum atomic E-state index is 13.3. The molecule has 3 aromatic rings. The first-order valence-electron chi connectivity index (χ1n) is 7.29. The molecule has 0 atom stereocenters. The SMILES string of the molecule is Cc1cc2cc(-c3ccccc3C(F)(F)F)n(C(=O)[O-])c2cc1[N+](=O)[O-]. The number of alkyl halides is 3. The standard InChI is InChI=1S/C17H11F3N2O4/c1-9-6-10-7-15(11-4-2-3-5-12(11)17(18,19)20)21(16(23)24)14(10)8-13(9)22(25)26/h2-8H,1H3,(H,23,24)/p-1. The van der Waals surface area contributed by atoms with E-state index in [1.165, 1.54) is 31.2 Å². The number of carbonyl (C=O) groups is 1. The van der Waals surface area contributed by atoms with Crippen LogP contribution in [0.4, 0.5) is 23.7 Å². The number of benzene rings is 2. The van der Waals surface area contributed by atoms with E-state index in [1.54, 1.807) is 0 Å². The average Bonchev–Trinajstić information content (AvgIpc) is 2.91. The van der Waals surface area contributed by atoms with Crippen LogP contribution in [0.5, 0.6) is 0 Å². The minimum absolute atomic E-state index is 0.116. The van der Waals surface area contributed by atoms with E-state index in [2.05, 4.69) is 0 Å². The number of carbonyl (C=O) groups excluding carboxylic acids is 1. The summed E-state index contributed by atoms with van der Waals surface area (Å²) in [6, 6.07) is 8.11. The molecule has 0 unspecified atom stereocenters. The lowest BCUT2D eigenvalue weighted by Gasteiger charge is -2.16. The van der Waals surface area contributed by atoms with E-state index in [9.17, 15) is 33.2 Å². The molecule has 0 bridgehead atoms. The summed E-state index contributed by atoms with van der Waals surface area (Å²) >= 11 is 0. The van der Waals surface area contributed by atoms with Crippen LogP contribution in [0.3, 0.4) is 0 Å². The zero-order valence-electron chi connectivity index (χ0n) is 13.2. The molecule has 0 aliphatic heterocycles. The van der Waals surface area contributed by atoms with Crippen molar-refractivity contribution in [3.63, 3.8) is 0 Å². The highest BCUT2D eigenvalue weighted by Crippen LogP contribution is 2.39. The molecule has 0 N–H and O–H groups in total. The van der Waals surface area contributed by atoms with Crippen molar-refractivity contribution < 1.29 is 28.0 Å². The third-order valence-electron chi connectivity index (χ3n) is 4.01. The number of hydrogen-bond acceptors (Lipinski definition) is 4. The van der Waals surface area contributed by atoms with Crippen LogP contribution in [0.2, 0.25) is 0 Å². The molecule has 0 aliphatic carbocycles. The Labute approximate surface area is 144 Å². The van der Waals surface area contributed by atoms with Gasteiger partial charge in [-0.2, -0.15) is 13.2 Å². The maximum Gasteiger partial charge on any atom is 0.417 e. The molecule has 2 aromatic carbocycles. The van der Waals surface area contributed by atoms with Gasteiger partial charge in [-0.25, -0.2) is 0 Å². The Bertz CT molecular complexity index is 1050. The molecule has 1 heterocycles. The number of rotatable bonds is 2. The summed E-state index contributed by atoms with van der Waals surface area (Å²) in [5.74, 6) is 0. The highest BCUT2D eigenvalue weighted by atomic mass is 19.4. The molecule has 26 heavy (non-hydrogen) atoms. The second kappa shape index (κ2) is 5.87. The molecule has 0 aliphatic rings. The van der Waals surface area contributed by atoms with Gasteiger partial charge in [0, 0.05) is 22.6 Å². The predicted molar refractivity (Wildman–Crippen MR) is 84.6 cm³/mol. The van der Waals surface area contributed by atoms with Gasteiger partial charge in [0.25, 0.3) is 5.69 Å². The summed E-state index contributed by atoms with van der Waals surface area (Å²) in [6.07, 6.45) is -6.49. The molecule has 0 saturated heterocycles. The van der Waals surface area contributed by atoms with Crippen LogP contribution in [-0.2, 0) is 6.18 Å². The molecule has 134 valence electrons. The first kappa shape index (κ1) is 17.5. The van der Waals surface area contributed by atoms with Gasteiger partial charge in [-0.05, 0) is 25.1 Å². The van der Waals surface area contributed by atoms with E-state index in [0.717, 1.165) is 18.2 Å². The first-order chi connectivity index (χ1) is 12.1. The Hall–Kier alpha value is -3.36. The van der Waals surface area contributed by atoms with Crippen LogP contribution in [0, 0.1) is 17.0 Å². The van der Waals surface area contributed by atoms with E-state index in [-0.39, 0.29) is 33.4 Å². The van der Waals surface area contributed by atoms with Crippen molar-refractivity contribution in [2.24, 2.45) is 0 Å². The number of nitro benzene ring substituents is 1. The molecule has 0 amide bonds. The number of fused-ring (bicyclic) bond motifs is 1. The van der Waals surface area contributed by atoms with Crippen molar-refractivity contribution in [2.45, 2.75) is 13.1 Å². The van der Waals surface area contributed by atoms with Crippen molar-refractivity contribution in [1.82, 2.24) is 4.57 Å². The molecule has 0 spiro atoms. The minimum Gasteiger partial charge on any atom is -0.529 e. The van der Waals surface area contributed by atoms with Crippen molar-refractivity contribution in [3.8, 4) is 11.3 Å². The number of carboxylic acid groups (broad SMARTS) is 1. The molecule has 9 heteroatoms. The Kier molecular flexibility index (Phi) is 3.94. The number of aryl methyl sites for hydroxylation is 1. The molecular weight excluding hydrogens is 353 g/mol. The zero-order chi connectivity index (χ0) is 19.2. The number of halogens is 3. The van der Waals surface area contributed by atoms with Crippen molar-refractivity contribution in [2.75, 3.05) is 0 Å². The molecule has 0 fully saturated rings. The summed E-state index contributed by atoms with van der Waals surface area (Å²) < 4.78 is 40.4.